The van der Waals surface area contributed by atoms with Gasteiger partial charge in [0.25, 0.3) is 11.8 Å². The average Bonchev–Trinajstić information content (AvgIpc) is 3.42. The van der Waals surface area contributed by atoms with E-state index in [-0.39, 0.29) is 23.9 Å². The van der Waals surface area contributed by atoms with Gasteiger partial charge in [-0.05, 0) is 60.7 Å². The van der Waals surface area contributed by atoms with E-state index in [1.165, 1.54) is 18.2 Å². The Labute approximate surface area is 235 Å². The summed E-state index contributed by atoms with van der Waals surface area (Å²) >= 11 is 0. The first-order chi connectivity index (χ1) is 19.6. The van der Waals surface area contributed by atoms with Gasteiger partial charge in [-0.3, -0.25) is 14.4 Å². The first-order valence-electron chi connectivity index (χ1n) is 13.4. The minimum absolute atomic E-state index is 0.0363. The summed E-state index contributed by atoms with van der Waals surface area (Å²) in [4.78, 5) is 52.5. The minimum atomic E-state index is -1.40. The number of nitrogens with zero attached hydrogens (tertiary/aromatic N) is 1. The van der Waals surface area contributed by atoms with Crippen molar-refractivity contribution in [1.29, 1.82) is 0 Å². The number of carbonyl (C=O) groups is 4. The highest BCUT2D eigenvalue weighted by atomic mass is 19.1. The maximum absolute atomic E-state index is 13.4. The maximum Gasteiger partial charge on any atom is 0.328 e. The van der Waals surface area contributed by atoms with E-state index in [1.807, 2.05) is 19.1 Å². The van der Waals surface area contributed by atoms with E-state index in [9.17, 15) is 28.7 Å². The number of halogens is 1. The number of carboxylic acids is 1. The molecule has 0 fully saturated rings. The van der Waals surface area contributed by atoms with Gasteiger partial charge in [0.1, 0.15) is 17.4 Å². The Morgan fingerprint density at radius 3 is 2.71 bits per heavy atom. The molecule has 1 aliphatic heterocycles. The minimum Gasteiger partial charge on any atom is -0.480 e. The molecule has 5 rings (SSSR count). The zero-order chi connectivity index (χ0) is 29.3. The topological polar surface area (TPSA) is 155 Å². The summed E-state index contributed by atoms with van der Waals surface area (Å²) in [6, 6.07) is 10.2. The van der Waals surface area contributed by atoms with Gasteiger partial charge in [0.05, 0.1) is 12.2 Å². The van der Waals surface area contributed by atoms with Gasteiger partial charge in [-0.2, -0.15) is 0 Å². The fourth-order valence-electron chi connectivity index (χ4n) is 5.85. The van der Waals surface area contributed by atoms with Crippen molar-refractivity contribution in [2.75, 3.05) is 19.6 Å². The van der Waals surface area contributed by atoms with Gasteiger partial charge in [-0.1, -0.05) is 24.6 Å². The summed E-state index contributed by atoms with van der Waals surface area (Å²) in [6.45, 7) is 2.39. The fraction of sp³-hybridized carbons (Fsp3) is 0.333. The van der Waals surface area contributed by atoms with Gasteiger partial charge in [-0.25, -0.2) is 9.18 Å². The molecule has 10 nitrogen and oxygen atoms in total. The molecular weight excluding hydrogens is 531 g/mol. The molecule has 1 aliphatic carbocycles. The predicted molar refractivity (Wildman–Crippen MR) is 147 cm³/mol. The van der Waals surface area contributed by atoms with E-state index in [2.05, 4.69) is 10.6 Å². The lowest BCUT2D eigenvalue weighted by Gasteiger charge is -2.42. The Bertz CT molecular complexity index is 1550. The zero-order valence-corrected chi connectivity index (χ0v) is 22.4. The van der Waals surface area contributed by atoms with Crippen molar-refractivity contribution in [3.63, 3.8) is 0 Å². The molecule has 2 heterocycles. The second kappa shape index (κ2) is 11.5. The molecule has 3 aromatic rings. The molecule has 3 unspecified atom stereocenters. The van der Waals surface area contributed by atoms with Crippen LogP contribution in [0.3, 0.4) is 0 Å². The molecule has 2 aliphatic rings. The van der Waals surface area contributed by atoms with Crippen molar-refractivity contribution in [1.82, 2.24) is 15.5 Å². The Kier molecular flexibility index (Phi) is 7.89. The van der Waals surface area contributed by atoms with Crippen molar-refractivity contribution in [2.24, 2.45) is 17.6 Å². The molecule has 0 saturated carbocycles. The van der Waals surface area contributed by atoms with Crippen LogP contribution in [0.5, 0.6) is 0 Å². The van der Waals surface area contributed by atoms with Crippen LogP contribution in [0, 0.1) is 17.7 Å². The van der Waals surface area contributed by atoms with Crippen molar-refractivity contribution in [3.05, 3.63) is 82.9 Å². The summed E-state index contributed by atoms with van der Waals surface area (Å²) in [6.07, 6.45) is 2.55. The second-order valence-electron chi connectivity index (χ2n) is 10.6. The van der Waals surface area contributed by atoms with Crippen molar-refractivity contribution >= 4 is 34.7 Å². The van der Waals surface area contributed by atoms with Crippen LogP contribution in [0.25, 0.3) is 11.0 Å². The highest BCUT2D eigenvalue weighted by Crippen LogP contribution is 2.39. The molecule has 0 spiro atoms. The van der Waals surface area contributed by atoms with Gasteiger partial charge in [0.2, 0.25) is 5.91 Å². The molecule has 5 N–H and O–H groups in total. The number of amides is 3. The highest BCUT2D eigenvalue weighted by Gasteiger charge is 2.41. The number of fused-ring (bicyclic) bond motifs is 1. The third-order valence-corrected chi connectivity index (χ3v) is 7.98. The van der Waals surface area contributed by atoms with Gasteiger partial charge in [0.15, 0.2) is 0 Å². The molecule has 11 heteroatoms. The van der Waals surface area contributed by atoms with Gasteiger partial charge in [-0.15, -0.1) is 0 Å². The first kappa shape index (κ1) is 28.0. The standard InChI is InChI=1S/C30H31FN4O6/c1-16-22-7-9-35(29(38)19-6-5-17-8-10-41-25(17)13-19)15-20(22)12-23(32)26(16)28(37)34-24(30(39)40)14-33-27(36)18-3-2-4-21(31)11-18/h2-6,8,10-11,13,16,23-24,26H,7,9,12,14-15,32H2,1H3,(H,33,36)(H,34,37)(H,39,40)/t16?,23?,24-,26?/m0/s1. The summed E-state index contributed by atoms with van der Waals surface area (Å²) < 4.78 is 18.9. The maximum atomic E-state index is 13.4. The number of carboxylic acid groups (broad SMARTS) is 1. The number of rotatable bonds is 7. The number of hydrogen-bond acceptors (Lipinski definition) is 6. The van der Waals surface area contributed by atoms with Crippen LogP contribution in [-0.4, -0.2) is 65.4 Å². The predicted octanol–water partition coefficient (Wildman–Crippen LogP) is 2.70. The van der Waals surface area contributed by atoms with Crippen LogP contribution >= 0.6 is 0 Å². The third-order valence-electron chi connectivity index (χ3n) is 7.98. The summed E-state index contributed by atoms with van der Waals surface area (Å²) in [7, 11) is 0. The number of aliphatic carboxylic acids is 1. The number of nitrogens with two attached hydrogens (primary N) is 1. The first-order valence-corrected chi connectivity index (χ1v) is 13.4. The summed E-state index contributed by atoms with van der Waals surface area (Å²) in [5, 5.41) is 15.5. The van der Waals surface area contributed by atoms with Crippen molar-refractivity contribution in [3.8, 4) is 0 Å². The van der Waals surface area contributed by atoms with Crippen molar-refractivity contribution < 1.29 is 33.1 Å². The third kappa shape index (κ3) is 5.85. The Morgan fingerprint density at radius 1 is 1.15 bits per heavy atom. The smallest absolute Gasteiger partial charge is 0.328 e. The molecule has 3 amide bonds. The Morgan fingerprint density at radius 2 is 1.95 bits per heavy atom. The van der Waals surface area contributed by atoms with Crippen molar-refractivity contribution in [2.45, 2.75) is 31.8 Å². The lowest BCUT2D eigenvalue weighted by Crippen LogP contribution is -2.55. The number of nitrogens with one attached hydrogen (secondary N) is 2. The van der Waals surface area contributed by atoms with Gasteiger partial charge in [0, 0.05) is 42.2 Å². The summed E-state index contributed by atoms with van der Waals surface area (Å²) in [5.74, 6) is -4.16. The number of hydrogen-bond donors (Lipinski definition) is 4. The second-order valence-corrected chi connectivity index (χ2v) is 10.6. The quantitative estimate of drug-likeness (QED) is 0.323. The van der Waals surface area contributed by atoms with Gasteiger partial charge < -0.3 is 30.8 Å². The Balaban J connectivity index is 1.23. The molecule has 0 radical (unpaired) electrons. The lowest BCUT2D eigenvalue weighted by atomic mass is 9.70. The SMILES string of the molecule is CC1C2=C(CC(N)C1C(=O)N[C@@H](CNC(=O)c1cccc(F)c1)C(=O)O)CN(C(=O)c1ccc3ccoc3c1)CC2. The molecular formula is C30H31FN4O6. The number of carbonyl (C=O) groups excluding carboxylic acids is 3. The fourth-order valence-corrected chi connectivity index (χ4v) is 5.85. The summed E-state index contributed by atoms with van der Waals surface area (Å²) in [5.41, 5.74) is 9.75. The zero-order valence-electron chi connectivity index (χ0n) is 22.4. The van der Waals surface area contributed by atoms with E-state index in [1.54, 1.807) is 23.3 Å². The largest absolute Gasteiger partial charge is 0.480 e. The number of benzene rings is 2. The van der Waals surface area contributed by atoms with Crippen LogP contribution in [0.2, 0.25) is 0 Å². The van der Waals surface area contributed by atoms with Gasteiger partial charge >= 0.3 is 5.97 Å². The van der Waals surface area contributed by atoms with Crippen LogP contribution < -0.4 is 16.4 Å². The lowest BCUT2D eigenvalue weighted by molar-refractivity contribution is -0.142. The number of furan rings is 1. The van der Waals surface area contributed by atoms with Crippen LogP contribution in [-0.2, 0) is 9.59 Å². The monoisotopic (exact) mass is 562 g/mol. The molecule has 4 atom stereocenters. The molecule has 214 valence electrons. The molecule has 0 bridgehead atoms. The van der Waals surface area contributed by atoms with Crippen LogP contribution in [0.4, 0.5) is 4.39 Å². The van der Waals surface area contributed by atoms with Crippen LogP contribution in [0.1, 0.15) is 40.5 Å². The van der Waals surface area contributed by atoms with E-state index in [4.69, 9.17) is 10.2 Å². The molecule has 1 aromatic heterocycles. The van der Waals surface area contributed by atoms with E-state index in [0.717, 1.165) is 22.6 Å². The van der Waals surface area contributed by atoms with Crippen LogP contribution in [0.15, 0.2) is 70.4 Å². The molecule has 41 heavy (non-hydrogen) atoms. The Hall–Kier alpha value is -4.51. The average molecular weight is 563 g/mol. The normalized spacial score (nSPS) is 21.2. The van der Waals surface area contributed by atoms with E-state index < -0.39 is 41.6 Å². The van der Waals surface area contributed by atoms with E-state index in [0.29, 0.717) is 37.1 Å². The molecule has 0 saturated heterocycles. The van der Waals surface area contributed by atoms with E-state index >= 15 is 0 Å². The molecule has 2 aromatic carbocycles. The highest BCUT2D eigenvalue weighted by molar-refractivity contribution is 5.98.